The highest BCUT2D eigenvalue weighted by molar-refractivity contribution is 5.65. The summed E-state index contributed by atoms with van der Waals surface area (Å²) in [5.74, 6) is 0. The van der Waals surface area contributed by atoms with Crippen LogP contribution in [0, 0.1) is 13.8 Å². The first kappa shape index (κ1) is 8.05. The fourth-order valence-corrected chi connectivity index (χ4v) is 1.45. The van der Waals surface area contributed by atoms with Crippen molar-refractivity contribution in [1.29, 1.82) is 0 Å². The molecule has 66 valence electrons. The van der Waals surface area contributed by atoms with E-state index < -0.39 is 0 Å². The van der Waals surface area contributed by atoms with E-state index in [0.29, 0.717) is 0 Å². The average Bonchev–Trinajstić information content (AvgIpc) is 2.51. The Morgan fingerprint density at radius 2 is 2.08 bits per heavy atom. The van der Waals surface area contributed by atoms with Crippen molar-refractivity contribution in [3.63, 3.8) is 0 Å². The molecule has 0 fully saturated rings. The summed E-state index contributed by atoms with van der Waals surface area (Å²) in [6.07, 6.45) is 1.87. The summed E-state index contributed by atoms with van der Waals surface area (Å²) in [6.45, 7) is 4.13. The highest BCUT2D eigenvalue weighted by Gasteiger charge is 2.02. The Morgan fingerprint density at radius 3 is 2.69 bits per heavy atom. The molecule has 1 aromatic carbocycles. The lowest BCUT2D eigenvalue weighted by Gasteiger charge is -1.99. The van der Waals surface area contributed by atoms with E-state index in [9.17, 15) is 0 Å². The molecule has 0 aliphatic heterocycles. The molecule has 0 amide bonds. The van der Waals surface area contributed by atoms with Crippen molar-refractivity contribution in [1.82, 2.24) is 10.2 Å². The van der Waals surface area contributed by atoms with Gasteiger partial charge in [0, 0.05) is 11.3 Å². The normalized spacial score (nSPS) is 10.3. The number of nitrogens with one attached hydrogen (secondary N) is 1. The topological polar surface area (TPSA) is 28.7 Å². The maximum atomic E-state index is 4.00. The molecule has 1 heterocycles. The van der Waals surface area contributed by atoms with Gasteiger partial charge in [-0.1, -0.05) is 29.8 Å². The van der Waals surface area contributed by atoms with Crippen LogP contribution >= 0.6 is 0 Å². The Labute approximate surface area is 77.6 Å². The van der Waals surface area contributed by atoms with Gasteiger partial charge in [-0.25, -0.2) is 0 Å². The Balaban J connectivity index is 2.53. The first-order valence-electron chi connectivity index (χ1n) is 4.34. The lowest BCUT2D eigenvalue weighted by atomic mass is 10.1. The predicted octanol–water partition coefficient (Wildman–Crippen LogP) is 2.69. The molecule has 2 aromatic rings. The van der Waals surface area contributed by atoms with Crippen LogP contribution in [0.25, 0.3) is 11.1 Å². The van der Waals surface area contributed by atoms with Gasteiger partial charge in [0.1, 0.15) is 0 Å². The maximum absolute atomic E-state index is 4.00. The molecule has 0 radical (unpaired) electrons. The largest absolute Gasteiger partial charge is 0.282 e. The van der Waals surface area contributed by atoms with E-state index in [4.69, 9.17) is 0 Å². The monoisotopic (exact) mass is 172 g/mol. The molecule has 0 bridgehead atoms. The lowest BCUT2D eigenvalue weighted by Crippen LogP contribution is -1.79. The van der Waals surface area contributed by atoms with Crippen LogP contribution in [0.5, 0.6) is 0 Å². The number of H-pyrrole nitrogens is 1. The summed E-state index contributed by atoms with van der Waals surface area (Å²) in [6, 6.07) is 8.43. The summed E-state index contributed by atoms with van der Waals surface area (Å²) in [7, 11) is 0. The Bertz CT molecular complexity index is 416. The van der Waals surface area contributed by atoms with Gasteiger partial charge in [0.25, 0.3) is 0 Å². The highest BCUT2D eigenvalue weighted by atomic mass is 15.1. The second kappa shape index (κ2) is 3.05. The van der Waals surface area contributed by atoms with E-state index in [-0.39, 0.29) is 0 Å². The fourth-order valence-electron chi connectivity index (χ4n) is 1.45. The van der Waals surface area contributed by atoms with Crippen LogP contribution in [0.1, 0.15) is 11.3 Å². The van der Waals surface area contributed by atoms with Crippen LogP contribution in [-0.4, -0.2) is 10.2 Å². The molecule has 1 N–H and O–H groups in total. The van der Waals surface area contributed by atoms with Crippen molar-refractivity contribution < 1.29 is 0 Å². The van der Waals surface area contributed by atoms with Crippen LogP contribution < -0.4 is 0 Å². The number of aryl methyl sites for hydroxylation is 2. The van der Waals surface area contributed by atoms with E-state index in [1.807, 2.05) is 13.1 Å². The van der Waals surface area contributed by atoms with Gasteiger partial charge in [-0.3, -0.25) is 5.10 Å². The van der Waals surface area contributed by atoms with Crippen LogP contribution in [0.2, 0.25) is 0 Å². The molecule has 13 heavy (non-hydrogen) atoms. The maximum Gasteiger partial charge on any atom is 0.0568 e. The molecule has 0 atom stereocenters. The number of nitrogens with zero attached hydrogens (tertiary/aromatic N) is 1. The van der Waals surface area contributed by atoms with Crippen molar-refractivity contribution in [3.05, 3.63) is 41.7 Å². The number of hydrogen-bond acceptors (Lipinski definition) is 1. The minimum Gasteiger partial charge on any atom is -0.282 e. The summed E-state index contributed by atoms with van der Waals surface area (Å²) in [5, 5.41) is 6.94. The average molecular weight is 172 g/mol. The molecule has 2 heteroatoms. The molecule has 2 nitrogen and oxygen atoms in total. The third-order valence-electron chi connectivity index (χ3n) is 2.16. The van der Waals surface area contributed by atoms with Gasteiger partial charge in [0.05, 0.1) is 6.20 Å². The molecule has 0 aliphatic carbocycles. The van der Waals surface area contributed by atoms with Crippen molar-refractivity contribution in [2.45, 2.75) is 13.8 Å². The number of hydrogen-bond donors (Lipinski definition) is 1. The molecular weight excluding hydrogens is 160 g/mol. The number of rotatable bonds is 1. The van der Waals surface area contributed by atoms with E-state index in [1.54, 1.807) is 0 Å². The second-order valence-corrected chi connectivity index (χ2v) is 3.28. The van der Waals surface area contributed by atoms with Crippen molar-refractivity contribution >= 4 is 0 Å². The van der Waals surface area contributed by atoms with Gasteiger partial charge < -0.3 is 0 Å². The van der Waals surface area contributed by atoms with Gasteiger partial charge in [-0.2, -0.15) is 5.10 Å². The van der Waals surface area contributed by atoms with Crippen molar-refractivity contribution in [3.8, 4) is 11.1 Å². The van der Waals surface area contributed by atoms with Gasteiger partial charge >= 0.3 is 0 Å². The summed E-state index contributed by atoms with van der Waals surface area (Å²) in [5.41, 5.74) is 4.80. The SMILES string of the molecule is Cc1cccc(-c2cn[nH]c2C)c1. The molecule has 0 saturated heterocycles. The second-order valence-electron chi connectivity index (χ2n) is 3.28. The molecule has 0 spiro atoms. The lowest BCUT2D eigenvalue weighted by molar-refractivity contribution is 1.05. The first-order chi connectivity index (χ1) is 6.27. The first-order valence-corrected chi connectivity index (χ1v) is 4.34. The zero-order valence-corrected chi connectivity index (χ0v) is 7.83. The Kier molecular flexibility index (Phi) is 1.89. The van der Waals surface area contributed by atoms with E-state index in [0.717, 1.165) is 5.69 Å². The van der Waals surface area contributed by atoms with Crippen molar-refractivity contribution in [2.24, 2.45) is 0 Å². The van der Waals surface area contributed by atoms with E-state index in [1.165, 1.54) is 16.7 Å². The molecule has 0 aliphatic rings. The third kappa shape index (κ3) is 1.47. The molecule has 2 rings (SSSR count). The molecular formula is C11H12N2. The van der Waals surface area contributed by atoms with Gasteiger partial charge in [-0.05, 0) is 19.4 Å². The Hall–Kier alpha value is -1.57. The van der Waals surface area contributed by atoms with Crippen LogP contribution in [-0.2, 0) is 0 Å². The van der Waals surface area contributed by atoms with Crippen molar-refractivity contribution in [2.75, 3.05) is 0 Å². The molecule has 1 aromatic heterocycles. The standard InChI is InChI=1S/C11H12N2/c1-8-4-3-5-10(6-8)11-7-12-13-9(11)2/h3-7H,1-2H3,(H,12,13). The minimum atomic E-state index is 1.12. The zero-order chi connectivity index (χ0) is 9.26. The minimum absolute atomic E-state index is 1.12. The number of benzene rings is 1. The van der Waals surface area contributed by atoms with Gasteiger partial charge in [-0.15, -0.1) is 0 Å². The third-order valence-corrected chi connectivity index (χ3v) is 2.16. The Morgan fingerprint density at radius 1 is 1.23 bits per heavy atom. The van der Waals surface area contributed by atoms with Crippen LogP contribution in [0.15, 0.2) is 30.5 Å². The smallest absolute Gasteiger partial charge is 0.0568 e. The highest BCUT2D eigenvalue weighted by Crippen LogP contribution is 2.21. The molecule has 0 unspecified atom stereocenters. The van der Waals surface area contributed by atoms with Crippen LogP contribution in [0.4, 0.5) is 0 Å². The van der Waals surface area contributed by atoms with Crippen LogP contribution in [0.3, 0.4) is 0 Å². The number of aromatic amines is 1. The fraction of sp³-hybridized carbons (Fsp3) is 0.182. The predicted molar refractivity (Wildman–Crippen MR) is 53.5 cm³/mol. The number of aromatic nitrogens is 2. The summed E-state index contributed by atoms with van der Waals surface area (Å²) in [4.78, 5) is 0. The quantitative estimate of drug-likeness (QED) is 0.704. The van der Waals surface area contributed by atoms with E-state index in [2.05, 4.69) is 41.4 Å². The summed E-state index contributed by atoms with van der Waals surface area (Å²) < 4.78 is 0. The summed E-state index contributed by atoms with van der Waals surface area (Å²) >= 11 is 0. The molecule has 0 saturated carbocycles. The van der Waals surface area contributed by atoms with E-state index >= 15 is 0 Å². The van der Waals surface area contributed by atoms with Gasteiger partial charge in [0.15, 0.2) is 0 Å². The van der Waals surface area contributed by atoms with Gasteiger partial charge in [0.2, 0.25) is 0 Å². The zero-order valence-electron chi connectivity index (χ0n) is 7.83.